The van der Waals surface area contributed by atoms with E-state index in [1.165, 1.54) is 35.0 Å². The third kappa shape index (κ3) is 7.21. The number of carbonyl (C=O) groups excluding carboxylic acids is 2. The number of rotatable bonds is 9. The van der Waals surface area contributed by atoms with Crippen molar-refractivity contribution in [3.63, 3.8) is 0 Å². The minimum atomic E-state index is -3.52. The van der Waals surface area contributed by atoms with Gasteiger partial charge in [0.2, 0.25) is 5.88 Å². The van der Waals surface area contributed by atoms with Gasteiger partial charge in [0.15, 0.2) is 20.5 Å². The van der Waals surface area contributed by atoms with Crippen molar-refractivity contribution in [3.05, 3.63) is 65.9 Å². The van der Waals surface area contributed by atoms with Gasteiger partial charge in [0.05, 0.1) is 16.8 Å². The van der Waals surface area contributed by atoms with Gasteiger partial charge in [-0.05, 0) is 24.6 Å². The van der Waals surface area contributed by atoms with E-state index in [1.807, 2.05) is 0 Å². The second-order valence-electron chi connectivity index (χ2n) is 7.96. The van der Waals surface area contributed by atoms with Gasteiger partial charge < -0.3 is 14.8 Å². The highest BCUT2D eigenvalue weighted by atomic mass is 35.5. The molecular formula is C24H28Cl2N4O6S. The van der Waals surface area contributed by atoms with E-state index in [1.54, 1.807) is 19.1 Å². The number of carbonyl (C=O) groups is 2. The fourth-order valence-corrected chi connectivity index (χ4v) is 4.76. The Morgan fingerprint density at radius 2 is 1.86 bits per heavy atom. The van der Waals surface area contributed by atoms with Crippen LogP contribution in [0.3, 0.4) is 0 Å². The number of ketones is 1. The molecule has 1 aromatic heterocycles. The zero-order chi connectivity index (χ0) is 27.9. The molecule has 1 amide bonds. The molecule has 1 aliphatic heterocycles. The molecule has 0 saturated heterocycles. The Labute approximate surface area is 225 Å². The van der Waals surface area contributed by atoms with E-state index >= 15 is 0 Å². The van der Waals surface area contributed by atoms with Crippen LogP contribution in [-0.2, 0) is 26.5 Å². The maximum atomic E-state index is 12.8. The first-order valence-corrected chi connectivity index (χ1v) is 13.7. The van der Waals surface area contributed by atoms with Gasteiger partial charge in [0, 0.05) is 43.9 Å². The number of oxime groups is 1. The average Bonchev–Trinajstić information content (AvgIpc) is 3.48. The van der Waals surface area contributed by atoms with Crippen LogP contribution in [-0.4, -0.2) is 76.4 Å². The number of benzene rings is 1. The molecule has 0 bridgehead atoms. The molecule has 13 heteroatoms. The summed E-state index contributed by atoms with van der Waals surface area (Å²) in [4.78, 5) is 29.5. The summed E-state index contributed by atoms with van der Waals surface area (Å²) >= 11 is 10.8. The van der Waals surface area contributed by atoms with Crippen molar-refractivity contribution in [2.75, 3.05) is 26.0 Å². The number of hydrogen-bond acceptors (Lipinski definition) is 8. The summed E-state index contributed by atoms with van der Waals surface area (Å²) in [6, 6.07) is 2.83. The molecule has 0 atom stereocenters. The monoisotopic (exact) mass is 570 g/mol. The molecule has 1 N–H and O–H groups in total. The summed E-state index contributed by atoms with van der Waals surface area (Å²) in [7, 11) is -2.00. The molecule has 0 aliphatic carbocycles. The lowest BCUT2D eigenvalue weighted by molar-refractivity contribution is -0.128. The number of alkyl halides is 2. The fourth-order valence-electron chi connectivity index (χ4n) is 3.52. The standard InChI is InChI=1S/C16H17N3O5S.C8H11Cl2NO/c1-9-10(15(20)11-8-17-19(2)16(11)21)4-5-13(25(3,22)23)14(9)12-6-7-24-18-12;1-3-5-11(6-4-2)8(12)7(9)10/h4-5,8,21H,6-7H2,1-3H3;3-4,7H,1-2,5-6H2. The molecule has 2 aromatic rings. The van der Waals surface area contributed by atoms with Gasteiger partial charge in [-0.3, -0.25) is 9.59 Å². The van der Waals surface area contributed by atoms with E-state index in [9.17, 15) is 23.1 Å². The van der Waals surface area contributed by atoms with Gasteiger partial charge in [-0.1, -0.05) is 40.5 Å². The Kier molecular flexibility index (Phi) is 10.5. The highest BCUT2D eigenvalue weighted by Crippen LogP contribution is 2.29. The Hall–Kier alpha value is -3.15. The van der Waals surface area contributed by atoms with Crippen molar-refractivity contribution in [2.45, 2.75) is 23.1 Å². The van der Waals surface area contributed by atoms with Crippen LogP contribution in [0.5, 0.6) is 5.88 Å². The van der Waals surface area contributed by atoms with E-state index in [2.05, 4.69) is 23.4 Å². The molecule has 0 spiro atoms. The van der Waals surface area contributed by atoms with Crippen LogP contribution in [0.15, 0.2) is 53.7 Å². The molecule has 0 radical (unpaired) electrons. The van der Waals surface area contributed by atoms with E-state index in [-0.39, 0.29) is 27.8 Å². The van der Waals surface area contributed by atoms with E-state index < -0.39 is 20.5 Å². The number of halogens is 2. The van der Waals surface area contributed by atoms with Crippen LogP contribution in [0.1, 0.15) is 33.5 Å². The first kappa shape index (κ1) is 30.1. The van der Waals surface area contributed by atoms with Crippen LogP contribution >= 0.6 is 23.2 Å². The van der Waals surface area contributed by atoms with Crippen molar-refractivity contribution in [3.8, 4) is 5.88 Å². The SMILES string of the molecule is C=CCN(CC=C)C(=O)C(Cl)Cl.Cc1c(C(=O)c2cnn(C)c2O)ccc(S(C)(=O)=O)c1C1=NOCC1. The second-order valence-corrected chi connectivity index (χ2v) is 11.0. The molecule has 200 valence electrons. The summed E-state index contributed by atoms with van der Waals surface area (Å²) in [5.74, 6) is -1.01. The van der Waals surface area contributed by atoms with E-state index in [0.717, 1.165) is 6.26 Å². The molecule has 10 nitrogen and oxygen atoms in total. The number of aromatic nitrogens is 2. The van der Waals surface area contributed by atoms with Gasteiger partial charge in [0.25, 0.3) is 5.91 Å². The quantitative estimate of drug-likeness (QED) is 0.278. The van der Waals surface area contributed by atoms with Gasteiger partial charge >= 0.3 is 0 Å². The molecule has 37 heavy (non-hydrogen) atoms. The van der Waals surface area contributed by atoms with Crippen LogP contribution in [0.2, 0.25) is 0 Å². The lowest BCUT2D eigenvalue weighted by Gasteiger charge is -2.19. The molecule has 0 fully saturated rings. The number of sulfone groups is 1. The van der Waals surface area contributed by atoms with Crippen LogP contribution in [0.4, 0.5) is 0 Å². The van der Waals surface area contributed by atoms with E-state index in [0.29, 0.717) is 43.0 Å². The smallest absolute Gasteiger partial charge is 0.256 e. The normalized spacial score (nSPS) is 12.8. The summed E-state index contributed by atoms with van der Waals surface area (Å²) in [6.45, 7) is 9.90. The van der Waals surface area contributed by atoms with Crippen LogP contribution in [0, 0.1) is 6.92 Å². The summed E-state index contributed by atoms with van der Waals surface area (Å²) < 4.78 is 25.5. The first-order valence-electron chi connectivity index (χ1n) is 10.9. The number of amides is 1. The minimum absolute atomic E-state index is 0.0493. The Bertz CT molecular complexity index is 1320. The van der Waals surface area contributed by atoms with Gasteiger partial charge in [-0.25, -0.2) is 13.1 Å². The van der Waals surface area contributed by atoms with Crippen molar-refractivity contribution >= 4 is 50.4 Å². The topological polar surface area (TPSA) is 131 Å². The molecule has 0 unspecified atom stereocenters. The van der Waals surface area contributed by atoms with Crippen molar-refractivity contribution < 1.29 is 28.0 Å². The lowest BCUT2D eigenvalue weighted by atomic mass is 9.93. The average molecular weight is 571 g/mol. The third-order valence-corrected chi connectivity index (χ3v) is 6.83. The predicted octanol–water partition coefficient (Wildman–Crippen LogP) is 3.18. The van der Waals surface area contributed by atoms with Gasteiger partial charge in [-0.15, -0.1) is 13.2 Å². The maximum Gasteiger partial charge on any atom is 0.256 e. The fraction of sp³-hybridized carbons (Fsp3) is 0.333. The predicted molar refractivity (Wildman–Crippen MR) is 142 cm³/mol. The van der Waals surface area contributed by atoms with Crippen LogP contribution in [0.25, 0.3) is 0 Å². The highest BCUT2D eigenvalue weighted by Gasteiger charge is 2.27. The second kappa shape index (κ2) is 12.9. The summed E-state index contributed by atoms with van der Waals surface area (Å²) in [5.41, 5.74) is 1.67. The van der Waals surface area contributed by atoms with Crippen molar-refractivity contribution in [1.29, 1.82) is 0 Å². The van der Waals surface area contributed by atoms with Crippen molar-refractivity contribution in [1.82, 2.24) is 14.7 Å². The van der Waals surface area contributed by atoms with Crippen LogP contribution < -0.4 is 0 Å². The maximum absolute atomic E-state index is 12.8. The van der Waals surface area contributed by atoms with E-state index in [4.69, 9.17) is 28.0 Å². The molecular weight excluding hydrogens is 543 g/mol. The summed E-state index contributed by atoms with van der Waals surface area (Å²) in [6.07, 6.45) is 6.06. The summed E-state index contributed by atoms with van der Waals surface area (Å²) in [5, 5.41) is 17.7. The zero-order valence-electron chi connectivity index (χ0n) is 20.6. The van der Waals surface area contributed by atoms with Gasteiger partial charge in [0.1, 0.15) is 12.2 Å². The number of nitrogens with zero attached hydrogens (tertiary/aromatic N) is 4. The Morgan fingerprint density at radius 3 is 2.30 bits per heavy atom. The lowest BCUT2D eigenvalue weighted by Crippen LogP contribution is -2.35. The Balaban J connectivity index is 0.000000341. The first-order chi connectivity index (χ1) is 17.3. The molecule has 2 heterocycles. The largest absolute Gasteiger partial charge is 0.493 e. The van der Waals surface area contributed by atoms with Gasteiger partial charge in [-0.2, -0.15) is 5.10 Å². The number of aryl methyl sites for hydroxylation is 1. The number of hydrogen-bond donors (Lipinski definition) is 1. The molecule has 0 saturated carbocycles. The molecule has 1 aliphatic rings. The number of aromatic hydroxyl groups is 1. The Morgan fingerprint density at radius 1 is 1.24 bits per heavy atom. The highest BCUT2D eigenvalue weighted by molar-refractivity contribution is 7.90. The zero-order valence-corrected chi connectivity index (χ0v) is 23.0. The molecule has 3 rings (SSSR count). The van der Waals surface area contributed by atoms with Crippen molar-refractivity contribution in [2.24, 2.45) is 12.2 Å². The third-order valence-electron chi connectivity index (χ3n) is 5.31. The minimum Gasteiger partial charge on any atom is -0.493 e. The molecule has 1 aromatic carbocycles.